The number of imidazole rings is 1. The summed E-state index contributed by atoms with van der Waals surface area (Å²) in [5, 5.41) is 2.81. The highest BCUT2D eigenvalue weighted by Gasteiger charge is 2.10. The van der Waals surface area contributed by atoms with Crippen molar-refractivity contribution in [1.82, 2.24) is 9.55 Å². The number of nitrogens with one attached hydrogen (secondary N) is 1. The van der Waals surface area contributed by atoms with Crippen LogP contribution in [0, 0.1) is 0 Å². The SMILES string of the molecule is CCc1ccc(NC(=O)c2nccn2C)cc1. The number of nitrogens with zero attached hydrogens (tertiary/aromatic N) is 2. The molecule has 0 atom stereocenters. The lowest BCUT2D eigenvalue weighted by atomic mass is 10.1. The molecule has 4 heteroatoms. The van der Waals surface area contributed by atoms with E-state index in [1.807, 2.05) is 24.3 Å². The molecule has 0 spiro atoms. The molecule has 1 aromatic heterocycles. The van der Waals surface area contributed by atoms with Crippen molar-refractivity contribution in [2.45, 2.75) is 13.3 Å². The average Bonchev–Trinajstić information content (AvgIpc) is 2.76. The minimum absolute atomic E-state index is 0.193. The molecule has 1 aromatic carbocycles. The minimum atomic E-state index is -0.193. The Morgan fingerprint density at radius 1 is 1.35 bits per heavy atom. The molecule has 0 fully saturated rings. The third kappa shape index (κ3) is 2.53. The molecular weight excluding hydrogens is 214 g/mol. The monoisotopic (exact) mass is 229 g/mol. The Balaban J connectivity index is 2.10. The quantitative estimate of drug-likeness (QED) is 0.877. The van der Waals surface area contributed by atoms with Crippen LogP contribution in [0.25, 0.3) is 0 Å². The maximum Gasteiger partial charge on any atom is 0.291 e. The summed E-state index contributed by atoms with van der Waals surface area (Å²) in [5.74, 6) is 0.214. The van der Waals surface area contributed by atoms with Gasteiger partial charge >= 0.3 is 0 Å². The Hall–Kier alpha value is -2.10. The van der Waals surface area contributed by atoms with Gasteiger partial charge in [0, 0.05) is 25.1 Å². The van der Waals surface area contributed by atoms with Crippen molar-refractivity contribution in [2.24, 2.45) is 7.05 Å². The number of benzene rings is 1. The van der Waals surface area contributed by atoms with Crippen LogP contribution in [-0.2, 0) is 13.5 Å². The zero-order chi connectivity index (χ0) is 12.3. The normalized spacial score (nSPS) is 10.2. The van der Waals surface area contributed by atoms with Crippen molar-refractivity contribution in [3.63, 3.8) is 0 Å². The standard InChI is InChI=1S/C13H15N3O/c1-3-10-4-6-11(7-5-10)15-13(17)12-14-8-9-16(12)2/h4-9H,3H2,1-2H3,(H,15,17). The first kappa shape index (κ1) is 11.4. The van der Waals surface area contributed by atoms with Crippen molar-refractivity contribution >= 4 is 11.6 Å². The van der Waals surface area contributed by atoms with Crippen molar-refractivity contribution in [3.05, 3.63) is 48.0 Å². The fourth-order valence-corrected chi connectivity index (χ4v) is 1.60. The van der Waals surface area contributed by atoms with E-state index in [4.69, 9.17) is 0 Å². The molecule has 0 saturated carbocycles. The van der Waals surface area contributed by atoms with E-state index >= 15 is 0 Å². The summed E-state index contributed by atoms with van der Waals surface area (Å²) in [6.45, 7) is 2.10. The number of carbonyl (C=O) groups is 1. The van der Waals surface area contributed by atoms with Gasteiger partial charge in [-0.25, -0.2) is 4.98 Å². The largest absolute Gasteiger partial charge is 0.330 e. The predicted molar refractivity (Wildman–Crippen MR) is 67.0 cm³/mol. The molecule has 0 saturated heterocycles. The molecule has 0 aliphatic carbocycles. The Bertz CT molecular complexity index is 514. The summed E-state index contributed by atoms with van der Waals surface area (Å²) < 4.78 is 1.69. The Morgan fingerprint density at radius 3 is 2.59 bits per heavy atom. The van der Waals surface area contributed by atoms with Crippen LogP contribution in [0.15, 0.2) is 36.7 Å². The summed E-state index contributed by atoms with van der Waals surface area (Å²) >= 11 is 0. The molecule has 1 amide bonds. The highest BCUT2D eigenvalue weighted by molar-refractivity contribution is 6.01. The highest BCUT2D eigenvalue weighted by atomic mass is 16.2. The van der Waals surface area contributed by atoms with Gasteiger partial charge in [0.1, 0.15) is 0 Å². The molecule has 17 heavy (non-hydrogen) atoms. The minimum Gasteiger partial charge on any atom is -0.330 e. The van der Waals surface area contributed by atoms with Crippen LogP contribution >= 0.6 is 0 Å². The number of rotatable bonds is 3. The number of anilines is 1. The lowest BCUT2D eigenvalue weighted by molar-refractivity contribution is 0.101. The zero-order valence-electron chi connectivity index (χ0n) is 9.97. The third-order valence-corrected chi connectivity index (χ3v) is 2.64. The van der Waals surface area contributed by atoms with Gasteiger partial charge in [0.2, 0.25) is 0 Å². The molecule has 4 nitrogen and oxygen atoms in total. The van der Waals surface area contributed by atoms with Gasteiger partial charge in [-0.2, -0.15) is 0 Å². The number of hydrogen-bond acceptors (Lipinski definition) is 2. The first-order chi connectivity index (χ1) is 8.20. The smallest absolute Gasteiger partial charge is 0.291 e. The summed E-state index contributed by atoms with van der Waals surface area (Å²) in [5.41, 5.74) is 2.04. The van der Waals surface area contributed by atoms with E-state index in [0.717, 1.165) is 12.1 Å². The highest BCUT2D eigenvalue weighted by Crippen LogP contribution is 2.11. The van der Waals surface area contributed by atoms with Crippen LogP contribution in [0.5, 0.6) is 0 Å². The molecule has 0 radical (unpaired) electrons. The van der Waals surface area contributed by atoms with E-state index in [1.165, 1.54) is 5.56 Å². The topological polar surface area (TPSA) is 46.9 Å². The van der Waals surface area contributed by atoms with Crippen molar-refractivity contribution in [1.29, 1.82) is 0 Å². The second kappa shape index (κ2) is 4.82. The molecule has 1 heterocycles. The van der Waals surface area contributed by atoms with Crippen LogP contribution < -0.4 is 5.32 Å². The molecular formula is C13H15N3O. The molecule has 0 aliphatic rings. The molecule has 0 aliphatic heterocycles. The summed E-state index contributed by atoms with van der Waals surface area (Å²) in [6.07, 6.45) is 4.35. The van der Waals surface area contributed by atoms with E-state index in [9.17, 15) is 4.79 Å². The lowest BCUT2D eigenvalue weighted by Gasteiger charge is -2.05. The second-order valence-electron chi connectivity index (χ2n) is 3.87. The summed E-state index contributed by atoms with van der Waals surface area (Å²) in [7, 11) is 1.79. The van der Waals surface area contributed by atoms with Gasteiger partial charge in [0.05, 0.1) is 0 Å². The molecule has 0 unspecified atom stereocenters. The van der Waals surface area contributed by atoms with Crippen LogP contribution in [-0.4, -0.2) is 15.5 Å². The first-order valence-electron chi connectivity index (χ1n) is 5.58. The zero-order valence-corrected chi connectivity index (χ0v) is 9.97. The van der Waals surface area contributed by atoms with Gasteiger partial charge in [-0.1, -0.05) is 19.1 Å². The van der Waals surface area contributed by atoms with E-state index in [0.29, 0.717) is 5.82 Å². The Kier molecular flexibility index (Phi) is 3.23. The van der Waals surface area contributed by atoms with Gasteiger partial charge < -0.3 is 9.88 Å². The Labute approximate surface area is 100 Å². The number of aromatic nitrogens is 2. The molecule has 2 aromatic rings. The maximum absolute atomic E-state index is 11.9. The second-order valence-corrected chi connectivity index (χ2v) is 3.87. The third-order valence-electron chi connectivity index (χ3n) is 2.64. The van der Waals surface area contributed by atoms with Crippen molar-refractivity contribution in [2.75, 3.05) is 5.32 Å². The summed E-state index contributed by atoms with van der Waals surface area (Å²) in [4.78, 5) is 15.9. The van der Waals surface area contributed by atoms with Gasteiger partial charge in [-0.3, -0.25) is 4.79 Å². The van der Waals surface area contributed by atoms with Crippen LogP contribution in [0.2, 0.25) is 0 Å². The van der Waals surface area contributed by atoms with E-state index in [-0.39, 0.29) is 5.91 Å². The number of hydrogen-bond donors (Lipinski definition) is 1. The van der Waals surface area contributed by atoms with Crippen LogP contribution in [0.1, 0.15) is 23.1 Å². The van der Waals surface area contributed by atoms with Crippen molar-refractivity contribution in [3.8, 4) is 0 Å². The molecule has 88 valence electrons. The van der Waals surface area contributed by atoms with Gasteiger partial charge in [-0.05, 0) is 24.1 Å². The van der Waals surface area contributed by atoms with Crippen molar-refractivity contribution < 1.29 is 4.79 Å². The molecule has 0 bridgehead atoms. The maximum atomic E-state index is 11.9. The van der Waals surface area contributed by atoms with Gasteiger partial charge in [0.25, 0.3) is 5.91 Å². The summed E-state index contributed by atoms with van der Waals surface area (Å²) in [6, 6.07) is 7.82. The fourth-order valence-electron chi connectivity index (χ4n) is 1.60. The van der Waals surface area contributed by atoms with Crippen LogP contribution in [0.4, 0.5) is 5.69 Å². The first-order valence-corrected chi connectivity index (χ1v) is 5.58. The van der Waals surface area contributed by atoms with Crippen LogP contribution in [0.3, 0.4) is 0 Å². The lowest BCUT2D eigenvalue weighted by Crippen LogP contribution is -2.16. The number of aryl methyl sites for hydroxylation is 2. The number of amides is 1. The molecule has 2 rings (SSSR count). The van der Waals surface area contributed by atoms with E-state index in [1.54, 1.807) is 24.0 Å². The number of carbonyl (C=O) groups excluding carboxylic acids is 1. The Morgan fingerprint density at radius 2 is 2.06 bits per heavy atom. The predicted octanol–water partition coefficient (Wildman–Crippen LogP) is 2.23. The van der Waals surface area contributed by atoms with Gasteiger partial charge in [-0.15, -0.1) is 0 Å². The fraction of sp³-hybridized carbons (Fsp3) is 0.231. The molecule has 1 N–H and O–H groups in total. The van der Waals surface area contributed by atoms with Gasteiger partial charge in [0.15, 0.2) is 5.82 Å². The van der Waals surface area contributed by atoms with E-state index in [2.05, 4.69) is 17.2 Å². The van der Waals surface area contributed by atoms with E-state index < -0.39 is 0 Å². The average molecular weight is 229 g/mol.